The van der Waals surface area contributed by atoms with Gasteiger partial charge in [-0.05, 0) is 50.8 Å². The quantitative estimate of drug-likeness (QED) is 0.654. The van der Waals surface area contributed by atoms with Gasteiger partial charge in [-0.25, -0.2) is 4.68 Å². The molecule has 0 aliphatic carbocycles. The minimum absolute atomic E-state index is 0.582. The highest BCUT2D eigenvalue weighted by Crippen LogP contribution is 2.31. The molecule has 3 rings (SSSR count). The molecule has 5 heteroatoms. The van der Waals surface area contributed by atoms with Crippen LogP contribution in [-0.2, 0) is 0 Å². The second-order valence-electron chi connectivity index (χ2n) is 6.29. The molecule has 1 heterocycles. The van der Waals surface area contributed by atoms with Crippen LogP contribution in [-0.4, -0.2) is 41.9 Å². The van der Waals surface area contributed by atoms with Crippen molar-refractivity contribution in [2.45, 2.75) is 6.92 Å². The van der Waals surface area contributed by atoms with Crippen LogP contribution in [0.1, 0.15) is 5.56 Å². The van der Waals surface area contributed by atoms with Gasteiger partial charge in [0, 0.05) is 17.8 Å². The summed E-state index contributed by atoms with van der Waals surface area (Å²) in [6.45, 7) is 3.48. The van der Waals surface area contributed by atoms with Crippen LogP contribution in [0.25, 0.3) is 16.8 Å². The average Bonchev–Trinajstić information content (AvgIpc) is 3.00. The zero-order chi connectivity index (χ0) is 17.8. The van der Waals surface area contributed by atoms with E-state index in [0.717, 1.165) is 23.4 Å². The summed E-state index contributed by atoms with van der Waals surface area (Å²) in [6, 6.07) is 16.0. The van der Waals surface area contributed by atoms with Crippen LogP contribution < -0.4 is 4.74 Å². The lowest BCUT2D eigenvalue weighted by Gasteiger charge is -2.10. The number of hydrogen-bond donors (Lipinski definition) is 0. The number of aromatic nitrogens is 2. The van der Waals surface area contributed by atoms with Crippen LogP contribution in [0.5, 0.6) is 5.88 Å². The monoisotopic (exact) mass is 355 g/mol. The van der Waals surface area contributed by atoms with E-state index in [0.29, 0.717) is 17.5 Å². The van der Waals surface area contributed by atoms with Gasteiger partial charge in [-0.15, -0.1) is 5.10 Å². The number of benzene rings is 2. The summed E-state index contributed by atoms with van der Waals surface area (Å²) >= 11 is 6.02. The molecule has 0 spiro atoms. The molecule has 0 atom stereocenters. The maximum atomic E-state index is 6.02. The van der Waals surface area contributed by atoms with E-state index in [1.807, 2.05) is 49.2 Å². The molecule has 2 aromatic carbocycles. The minimum Gasteiger partial charge on any atom is -0.475 e. The van der Waals surface area contributed by atoms with Crippen LogP contribution in [0.2, 0.25) is 5.02 Å². The van der Waals surface area contributed by atoms with E-state index in [1.165, 1.54) is 5.56 Å². The van der Waals surface area contributed by atoms with E-state index < -0.39 is 0 Å². The lowest BCUT2D eigenvalue weighted by molar-refractivity contribution is 0.253. The smallest absolute Gasteiger partial charge is 0.241 e. The van der Waals surface area contributed by atoms with Crippen molar-refractivity contribution in [2.75, 3.05) is 27.2 Å². The highest BCUT2D eigenvalue weighted by atomic mass is 35.5. The Morgan fingerprint density at radius 1 is 1.04 bits per heavy atom. The van der Waals surface area contributed by atoms with Crippen molar-refractivity contribution in [3.05, 3.63) is 65.3 Å². The Morgan fingerprint density at radius 3 is 2.36 bits per heavy atom. The van der Waals surface area contributed by atoms with E-state index >= 15 is 0 Å². The van der Waals surface area contributed by atoms with Gasteiger partial charge in [-0.3, -0.25) is 0 Å². The number of rotatable bonds is 6. The van der Waals surface area contributed by atoms with E-state index in [9.17, 15) is 0 Å². The molecule has 1 aromatic heterocycles. The molecule has 0 radical (unpaired) electrons. The second-order valence-corrected chi connectivity index (χ2v) is 6.72. The predicted octanol–water partition coefficient (Wildman–Crippen LogP) is 4.44. The molecule has 0 saturated carbocycles. The molecule has 0 aliphatic rings. The fraction of sp³-hybridized carbons (Fsp3) is 0.250. The first kappa shape index (κ1) is 17.5. The Morgan fingerprint density at radius 2 is 1.72 bits per heavy atom. The number of nitrogens with zero attached hydrogens (tertiary/aromatic N) is 3. The van der Waals surface area contributed by atoms with Crippen LogP contribution in [0.4, 0.5) is 0 Å². The first-order valence-electron chi connectivity index (χ1n) is 8.23. The Bertz CT molecular complexity index is 823. The zero-order valence-corrected chi connectivity index (χ0v) is 15.5. The number of likely N-dealkylation sites (N-methyl/N-ethyl adjacent to an activating group) is 1. The molecule has 4 nitrogen and oxygen atoms in total. The highest BCUT2D eigenvalue weighted by molar-refractivity contribution is 6.30. The van der Waals surface area contributed by atoms with Crippen LogP contribution in [0.15, 0.2) is 54.7 Å². The summed E-state index contributed by atoms with van der Waals surface area (Å²) in [7, 11) is 4.04. The van der Waals surface area contributed by atoms with Crippen molar-refractivity contribution in [1.29, 1.82) is 0 Å². The summed E-state index contributed by atoms with van der Waals surface area (Å²) < 4.78 is 7.81. The maximum Gasteiger partial charge on any atom is 0.241 e. The number of hydrogen-bond acceptors (Lipinski definition) is 3. The SMILES string of the molecule is Cc1ccc(-n2cc(-c3ccc(Cl)cc3)c(OCCN(C)C)n2)cc1. The number of aryl methyl sites for hydroxylation is 1. The maximum absolute atomic E-state index is 6.02. The van der Waals surface area contributed by atoms with Crippen molar-refractivity contribution < 1.29 is 4.74 Å². The summed E-state index contributed by atoms with van der Waals surface area (Å²) in [5.41, 5.74) is 4.21. The van der Waals surface area contributed by atoms with Gasteiger partial charge in [0.25, 0.3) is 0 Å². The molecule has 0 N–H and O–H groups in total. The van der Waals surface area contributed by atoms with Crippen LogP contribution in [0, 0.1) is 6.92 Å². The molecular formula is C20H22ClN3O. The lowest BCUT2D eigenvalue weighted by atomic mass is 10.1. The van der Waals surface area contributed by atoms with Crippen molar-refractivity contribution in [2.24, 2.45) is 0 Å². The summed E-state index contributed by atoms with van der Waals surface area (Å²) in [6.07, 6.45) is 2.00. The zero-order valence-electron chi connectivity index (χ0n) is 14.7. The summed E-state index contributed by atoms with van der Waals surface area (Å²) in [4.78, 5) is 2.08. The average molecular weight is 356 g/mol. The van der Waals surface area contributed by atoms with Gasteiger partial charge in [-0.1, -0.05) is 41.4 Å². The van der Waals surface area contributed by atoms with Crippen molar-refractivity contribution >= 4 is 11.6 Å². The summed E-state index contributed by atoms with van der Waals surface area (Å²) in [5.74, 6) is 0.629. The fourth-order valence-corrected chi connectivity index (χ4v) is 2.57. The molecule has 0 aliphatic heterocycles. The van der Waals surface area contributed by atoms with Gasteiger partial charge in [0.2, 0.25) is 5.88 Å². The summed E-state index contributed by atoms with van der Waals surface area (Å²) in [5, 5.41) is 5.36. The molecule has 0 saturated heterocycles. The third-order valence-corrected chi connectivity index (χ3v) is 4.16. The molecule has 0 fully saturated rings. The topological polar surface area (TPSA) is 30.3 Å². The molecule has 25 heavy (non-hydrogen) atoms. The lowest BCUT2D eigenvalue weighted by Crippen LogP contribution is -2.19. The molecule has 3 aromatic rings. The first-order chi connectivity index (χ1) is 12.0. The third kappa shape index (κ3) is 4.41. The molecule has 130 valence electrons. The normalized spacial score (nSPS) is 11.1. The standard InChI is InChI=1S/C20H22ClN3O/c1-15-4-10-18(11-5-15)24-14-19(16-6-8-17(21)9-7-16)20(22-24)25-13-12-23(2)3/h4-11,14H,12-13H2,1-3H3. The molecule has 0 bridgehead atoms. The van der Waals surface area contributed by atoms with E-state index in [4.69, 9.17) is 16.3 Å². The van der Waals surface area contributed by atoms with E-state index in [1.54, 1.807) is 0 Å². The number of ether oxygens (including phenoxy) is 1. The van der Waals surface area contributed by atoms with Crippen LogP contribution in [0.3, 0.4) is 0 Å². The molecule has 0 unspecified atom stereocenters. The Balaban J connectivity index is 1.95. The van der Waals surface area contributed by atoms with E-state index in [2.05, 4.69) is 41.2 Å². The van der Waals surface area contributed by atoms with Gasteiger partial charge in [-0.2, -0.15) is 0 Å². The minimum atomic E-state index is 0.582. The highest BCUT2D eigenvalue weighted by Gasteiger charge is 2.14. The number of halogens is 1. The first-order valence-corrected chi connectivity index (χ1v) is 8.61. The van der Waals surface area contributed by atoms with Gasteiger partial charge in [0.05, 0.1) is 11.3 Å². The van der Waals surface area contributed by atoms with Crippen molar-refractivity contribution in [3.8, 4) is 22.7 Å². The van der Waals surface area contributed by atoms with E-state index in [-0.39, 0.29) is 0 Å². The Hall–Kier alpha value is -2.30. The fourth-order valence-electron chi connectivity index (χ4n) is 2.45. The van der Waals surface area contributed by atoms with Crippen molar-refractivity contribution in [1.82, 2.24) is 14.7 Å². The predicted molar refractivity (Wildman–Crippen MR) is 103 cm³/mol. The largest absolute Gasteiger partial charge is 0.475 e. The van der Waals surface area contributed by atoms with Crippen LogP contribution >= 0.6 is 11.6 Å². The Kier molecular flexibility index (Phi) is 5.41. The van der Waals surface area contributed by atoms with Gasteiger partial charge in [0.1, 0.15) is 6.61 Å². The Labute approximate surface area is 153 Å². The molecule has 0 amide bonds. The van der Waals surface area contributed by atoms with Gasteiger partial charge in [0.15, 0.2) is 0 Å². The van der Waals surface area contributed by atoms with Gasteiger partial charge < -0.3 is 9.64 Å². The second kappa shape index (κ2) is 7.72. The van der Waals surface area contributed by atoms with Crippen molar-refractivity contribution in [3.63, 3.8) is 0 Å². The van der Waals surface area contributed by atoms with Gasteiger partial charge >= 0.3 is 0 Å². The third-order valence-electron chi connectivity index (χ3n) is 3.91. The molecular weight excluding hydrogens is 334 g/mol.